The molecule has 24 heavy (non-hydrogen) atoms. The molecular weight excluding hydrogens is 310 g/mol. The molecule has 0 aliphatic carbocycles. The summed E-state index contributed by atoms with van der Waals surface area (Å²) in [5, 5.41) is 8.76. The molecule has 6 heteroatoms. The number of ketones is 1. The molecule has 0 radical (unpaired) electrons. The first-order chi connectivity index (χ1) is 11.6. The largest absolute Gasteiger partial charge is 0.464 e. The Morgan fingerprint density at radius 3 is 2.67 bits per heavy atom. The third-order valence-electron chi connectivity index (χ3n) is 4.06. The number of esters is 1. The molecule has 1 amide bonds. The van der Waals surface area contributed by atoms with Gasteiger partial charge in [0.25, 0.3) is 5.91 Å². The van der Waals surface area contributed by atoms with Gasteiger partial charge in [-0.3, -0.25) is 9.59 Å². The highest BCUT2D eigenvalue weighted by Crippen LogP contribution is 2.19. The number of nitrogens with zero attached hydrogens (tertiary/aromatic N) is 1. The van der Waals surface area contributed by atoms with Crippen molar-refractivity contribution in [2.75, 3.05) is 19.8 Å². The van der Waals surface area contributed by atoms with E-state index in [0.717, 1.165) is 6.42 Å². The molecule has 1 heterocycles. The molecule has 1 N–H and O–H groups in total. The van der Waals surface area contributed by atoms with Crippen LogP contribution in [0, 0.1) is 0 Å². The standard InChI is InChI=1S/C18H23NO5/c20-12-10-16(21)17(22)19-11-4-9-15(19)18(23)24-13-5-8-14-6-2-1-3-7-14/h1-3,6-7,15,20H,4-5,8-13H2/t15-/m1/s1. The second-order valence-electron chi connectivity index (χ2n) is 5.81. The number of carbonyl (C=O) groups excluding carboxylic acids is 3. The van der Waals surface area contributed by atoms with Crippen molar-refractivity contribution in [3.8, 4) is 0 Å². The van der Waals surface area contributed by atoms with Crippen LogP contribution in [0.1, 0.15) is 31.2 Å². The van der Waals surface area contributed by atoms with Crippen LogP contribution in [-0.2, 0) is 25.5 Å². The van der Waals surface area contributed by atoms with Gasteiger partial charge in [0.1, 0.15) is 6.04 Å². The summed E-state index contributed by atoms with van der Waals surface area (Å²) < 4.78 is 5.27. The van der Waals surface area contributed by atoms with Crippen molar-refractivity contribution in [1.82, 2.24) is 4.90 Å². The zero-order valence-corrected chi connectivity index (χ0v) is 13.6. The van der Waals surface area contributed by atoms with Gasteiger partial charge in [0.05, 0.1) is 13.2 Å². The number of aliphatic hydroxyl groups excluding tert-OH is 1. The lowest BCUT2D eigenvalue weighted by Gasteiger charge is -2.22. The van der Waals surface area contributed by atoms with Gasteiger partial charge in [0.2, 0.25) is 5.78 Å². The van der Waals surface area contributed by atoms with Crippen LogP contribution in [0.2, 0.25) is 0 Å². The molecule has 1 fully saturated rings. The van der Waals surface area contributed by atoms with E-state index >= 15 is 0 Å². The van der Waals surface area contributed by atoms with Crippen LogP contribution < -0.4 is 0 Å². The number of benzene rings is 1. The van der Waals surface area contributed by atoms with Gasteiger partial charge in [0.15, 0.2) is 0 Å². The lowest BCUT2D eigenvalue weighted by Crippen LogP contribution is -2.44. The minimum absolute atomic E-state index is 0.214. The molecule has 6 nitrogen and oxygen atoms in total. The summed E-state index contributed by atoms with van der Waals surface area (Å²) in [4.78, 5) is 37.1. The van der Waals surface area contributed by atoms with Gasteiger partial charge in [-0.2, -0.15) is 0 Å². The van der Waals surface area contributed by atoms with Gasteiger partial charge in [-0.25, -0.2) is 4.79 Å². The Hall–Kier alpha value is -2.21. The van der Waals surface area contributed by atoms with Gasteiger partial charge in [-0.15, -0.1) is 0 Å². The third-order valence-corrected chi connectivity index (χ3v) is 4.06. The van der Waals surface area contributed by atoms with E-state index in [1.165, 1.54) is 10.5 Å². The van der Waals surface area contributed by atoms with E-state index in [1.807, 2.05) is 30.3 Å². The Morgan fingerprint density at radius 2 is 1.96 bits per heavy atom. The average Bonchev–Trinajstić information content (AvgIpc) is 3.08. The molecule has 2 rings (SSSR count). The first-order valence-electron chi connectivity index (χ1n) is 8.28. The zero-order chi connectivity index (χ0) is 17.4. The second kappa shape index (κ2) is 9.17. The molecule has 0 bridgehead atoms. The van der Waals surface area contributed by atoms with Crippen LogP contribution in [0.25, 0.3) is 0 Å². The number of hydrogen-bond donors (Lipinski definition) is 1. The maximum absolute atomic E-state index is 12.2. The fourth-order valence-electron chi connectivity index (χ4n) is 2.81. The summed E-state index contributed by atoms with van der Waals surface area (Å²) in [6.45, 7) is 0.295. The molecule has 1 saturated heterocycles. The molecule has 0 spiro atoms. The molecule has 1 aromatic rings. The topological polar surface area (TPSA) is 83.9 Å². The van der Waals surface area contributed by atoms with Gasteiger partial charge in [-0.05, 0) is 31.2 Å². The van der Waals surface area contributed by atoms with Crippen molar-refractivity contribution < 1.29 is 24.2 Å². The van der Waals surface area contributed by atoms with Crippen molar-refractivity contribution in [3.05, 3.63) is 35.9 Å². The van der Waals surface area contributed by atoms with Gasteiger partial charge in [-0.1, -0.05) is 30.3 Å². The predicted octanol–water partition coefficient (Wildman–Crippen LogP) is 1.10. The molecule has 130 valence electrons. The summed E-state index contributed by atoms with van der Waals surface area (Å²) in [6.07, 6.45) is 2.49. The summed E-state index contributed by atoms with van der Waals surface area (Å²) in [7, 11) is 0. The Bertz CT molecular complexity index is 572. The minimum Gasteiger partial charge on any atom is -0.464 e. The summed E-state index contributed by atoms with van der Waals surface area (Å²) in [6, 6.07) is 9.24. The first kappa shape index (κ1) is 18.1. The Balaban J connectivity index is 1.78. The van der Waals surface area contributed by atoms with E-state index in [-0.39, 0.29) is 19.6 Å². The van der Waals surface area contributed by atoms with Crippen LogP contribution in [0.3, 0.4) is 0 Å². The highest BCUT2D eigenvalue weighted by atomic mass is 16.5. The molecule has 1 atom stereocenters. The average molecular weight is 333 g/mol. The van der Waals surface area contributed by atoms with Crippen LogP contribution in [0.4, 0.5) is 0 Å². The van der Waals surface area contributed by atoms with E-state index < -0.39 is 23.7 Å². The van der Waals surface area contributed by atoms with Crippen molar-refractivity contribution in [3.63, 3.8) is 0 Å². The maximum atomic E-state index is 12.2. The molecule has 1 aliphatic heterocycles. The van der Waals surface area contributed by atoms with Crippen LogP contribution in [0.5, 0.6) is 0 Å². The minimum atomic E-state index is -0.701. The predicted molar refractivity (Wildman–Crippen MR) is 87.2 cm³/mol. The smallest absolute Gasteiger partial charge is 0.328 e. The number of Topliss-reactive ketones (excluding diaryl/α,β-unsaturated/α-hetero) is 1. The quantitative estimate of drug-likeness (QED) is 0.438. The fourth-order valence-corrected chi connectivity index (χ4v) is 2.81. The van der Waals surface area contributed by atoms with E-state index in [9.17, 15) is 14.4 Å². The van der Waals surface area contributed by atoms with Crippen LogP contribution in [-0.4, -0.2) is 53.5 Å². The number of hydrogen-bond acceptors (Lipinski definition) is 5. The summed E-state index contributed by atoms with van der Waals surface area (Å²) >= 11 is 0. The first-order valence-corrected chi connectivity index (χ1v) is 8.28. The van der Waals surface area contributed by atoms with Crippen molar-refractivity contribution in [2.24, 2.45) is 0 Å². The SMILES string of the molecule is O=C(CCO)C(=O)N1CCC[C@@H]1C(=O)OCCCc1ccccc1. The van der Waals surface area contributed by atoms with E-state index in [4.69, 9.17) is 9.84 Å². The van der Waals surface area contributed by atoms with Crippen molar-refractivity contribution in [1.29, 1.82) is 0 Å². The molecule has 0 saturated carbocycles. The van der Waals surface area contributed by atoms with Gasteiger partial charge in [0, 0.05) is 13.0 Å². The van der Waals surface area contributed by atoms with Crippen LogP contribution in [0.15, 0.2) is 30.3 Å². The molecule has 1 aliphatic rings. The zero-order valence-electron chi connectivity index (χ0n) is 13.6. The maximum Gasteiger partial charge on any atom is 0.328 e. The number of amides is 1. The van der Waals surface area contributed by atoms with Crippen molar-refractivity contribution in [2.45, 2.75) is 38.1 Å². The van der Waals surface area contributed by atoms with Crippen LogP contribution >= 0.6 is 0 Å². The summed E-state index contributed by atoms with van der Waals surface area (Å²) in [5.41, 5.74) is 1.18. The van der Waals surface area contributed by atoms with E-state index in [0.29, 0.717) is 25.8 Å². The lowest BCUT2D eigenvalue weighted by molar-refractivity contribution is -0.155. The number of aliphatic hydroxyl groups is 1. The number of carbonyl (C=O) groups is 3. The normalized spacial score (nSPS) is 16.9. The monoisotopic (exact) mass is 333 g/mol. The number of aryl methyl sites for hydroxylation is 1. The fraction of sp³-hybridized carbons (Fsp3) is 0.500. The van der Waals surface area contributed by atoms with E-state index in [2.05, 4.69) is 0 Å². The number of likely N-dealkylation sites (tertiary alicyclic amines) is 1. The van der Waals surface area contributed by atoms with Gasteiger partial charge < -0.3 is 14.7 Å². The Labute approximate surface area is 141 Å². The third kappa shape index (κ3) is 4.89. The molecule has 0 aromatic heterocycles. The van der Waals surface area contributed by atoms with E-state index in [1.54, 1.807) is 0 Å². The van der Waals surface area contributed by atoms with Gasteiger partial charge >= 0.3 is 5.97 Å². The molecule has 0 unspecified atom stereocenters. The second-order valence-corrected chi connectivity index (χ2v) is 5.81. The molecular formula is C18H23NO5. The highest BCUT2D eigenvalue weighted by molar-refractivity contribution is 6.36. The molecule has 1 aromatic carbocycles. The Morgan fingerprint density at radius 1 is 1.21 bits per heavy atom. The number of ether oxygens (including phenoxy) is 1. The highest BCUT2D eigenvalue weighted by Gasteiger charge is 2.37. The summed E-state index contributed by atoms with van der Waals surface area (Å²) in [5.74, 6) is -1.82. The lowest BCUT2D eigenvalue weighted by atomic mass is 10.1. The Kier molecular flexibility index (Phi) is 6.93. The van der Waals surface area contributed by atoms with Crippen molar-refractivity contribution >= 4 is 17.7 Å². The number of rotatable bonds is 8.